The summed E-state index contributed by atoms with van der Waals surface area (Å²) in [6.45, 7) is 8.09. The maximum absolute atomic E-state index is 12.3. The van der Waals surface area contributed by atoms with Crippen LogP contribution in [0, 0.1) is 13.8 Å². The topological polar surface area (TPSA) is 64.7 Å². The van der Waals surface area contributed by atoms with E-state index in [0.717, 1.165) is 29.2 Å². The van der Waals surface area contributed by atoms with Gasteiger partial charge in [0.1, 0.15) is 5.82 Å². The molecule has 1 unspecified atom stereocenters. The molecule has 0 spiro atoms. The Kier molecular flexibility index (Phi) is 4.45. The molecule has 1 amide bonds. The van der Waals surface area contributed by atoms with Gasteiger partial charge in [0.15, 0.2) is 0 Å². The molecule has 0 fully saturated rings. The molecule has 2 aromatic rings. The number of hydrogen-bond acceptors (Lipinski definition) is 3. The van der Waals surface area contributed by atoms with Gasteiger partial charge < -0.3 is 5.32 Å². The fourth-order valence-corrected chi connectivity index (χ4v) is 2.36. The van der Waals surface area contributed by atoms with Crippen LogP contribution in [0.4, 0.5) is 5.82 Å². The highest BCUT2D eigenvalue weighted by molar-refractivity contribution is 5.91. The molecule has 0 radical (unpaired) electrons. The van der Waals surface area contributed by atoms with Gasteiger partial charge in [-0.3, -0.25) is 9.48 Å². The summed E-state index contributed by atoms with van der Waals surface area (Å²) in [6.07, 6.45) is 3.00. The van der Waals surface area contributed by atoms with E-state index in [9.17, 15) is 4.79 Å². The molecule has 0 saturated carbocycles. The molecule has 0 saturated heterocycles. The van der Waals surface area contributed by atoms with E-state index in [1.807, 2.05) is 31.6 Å². The van der Waals surface area contributed by atoms with E-state index in [1.54, 1.807) is 10.9 Å². The maximum Gasteiger partial charge on any atom is 0.230 e. The number of hydrogen-bond donors (Lipinski definition) is 1. The number of carbonyl (C=O) groups excluding carboxylic acids is 1. The van der Waals surface area contributed by atoms with E-state index in [1.165, 1.54) is 0 Å². The van der Waals surface area contributed by atoms with Crippen molar-refractivity contribution in [2.75, 3.05) is 5.32 Å². The highest BCUT2D eigenvalue weighted by Gasteiger charge is 2.15. The van der Waals surface area contributed by atoms with Gasteiger partial charge in [-0.15, -0.1) is 0 Å². The van der Waals surface area contributed by atoms with Crippen molar-refractivity contribution in [3.63, 3.8) is 0 Å². The molecule has 0 aliphatic heterocycles. The monoisotopic (exact) mass is 289 g/mol. The first-order chi connectivity index (χ1) is 9.93. The Hall–Kier alpha value is -2.11. The minimum Gasteiger partial charge on any atom is -0.311 e. The molecule has 6 heteroatoms. The van der Waals surface area contributed by atoms with Crippen LogP contribution in [0.5, 0.6) is 0 Å². The largest absolute Gasteiger partial charge is 0.311 e. The predicted octanol–water partition coefficient (Wildman–Crippen LogP) is 2.39. The average molecular weight is 289 g/mol. The number of anilines is 1. The van der Waals surface area contributed by atoms with Crippen LogP contribution in [0.25, 0.3) is 0 Å². The second-order valence-corrected chi connectivity index (χ2v) is 5.42. The number of aromatic nitrogens is 4. The minimum atomic E-state index is -0.0424. The zero-order valence-corrected chi connectivity index (χ0v) is 13.3. The molecule has 2 rings (SSSR count). The van der Waals surface area contributed by atoms with Crippen molar-refractivity contribution in [3.8, 4) is 0 Å². The fraction of sp³-hybridized carbons (Fsp3) is 0.533. The van der Waals surface area contributed by atoms with Crippen LogP contribution < -0.4 is 5.32 Å². The lowest BCUT2D eigenvalue weighted by Crippen LogP contribution is -2.19. The third-order valence-electron chi connectivity index (χ3n) is 3.94. The molecule has 1 atom stereocenters. The Labute approximate surface area is 125 Å². The SMILES string of the molecule is CCC(C)n1nccc1NC(=O)Cc1c(C)nn(C)c1C. The molecule has 21 heavy (non-hydrogen) atoms. The summed E-state index contributed by atoms with van der Waals surface area (Å²) in [4.78, 5) is 12.3. The predicted molar refractivity (Wildman–Crippen MR) is 82.2 cm³/mol. The van der Waals surface area contributed by atoms with E-state index in [2.05, 4.69) is 29.4 Å². The molecular weight excluding hydrogens is 266 g/mol. The Morgan fingerprint density at radius 3 is 2.71 bits per heavy atom. The molecule has 2 aromatic heterocycles. The van der Waals surface area contributed by atoms with Crippen LogP contribution in [0.2, 0.25) is 0 Å². The number of nitrogens with zero attached hydrogens (tertiary/aromatic N) is 4. The van der Waals surface area contributed by atoms with Crippen LogP contribution in [-0.4, -0.2) is 25.5 Å². The van der Waals surface area contributed by atoms with Crippen LogP contribution >= 0.6 is 0 Å². The van der Waals surface area contributed by atoms with Crippen LogP contribution in [-0.2, 0) is 18.3 Å². The van der Waals surface area contributed by atoms with Crippen molar-refractivity contribution in [2.24, 2.45) is 7.05 Å². The fourth-order valence-electron chi connectivity index (χ4n) is 2.36. The standard InChI is InChI=1S/C15H23N5O/c1-6-10(2)20-14(7-8-16-20)17-15(21)9-13-11(3)18-19(5)12(13)4/h7-8,10H,6,9H2,1-5H3,(H,17,21). The lowest BCUT2D eigenvalue weighted by atomic mass is 10.1. The van der Waals surface area contributed by atoms with Crippen LogP contribution in [0.1, 0.15) is 43.3 Å². The summed E-state index contributed by atoms with van der Waals surface area (Å²) in [5.41, 5.74) is 2.92. The molecule has 0 aliphatic carbocycles. The molecule has 0 aliphatic rings. The smallest absolute Gasteiger partial charge is 0.230 e. The average Bonchev–Trinajstić information content (AvgIpc) is 2.98. The van der Waals surface area contributed by atoms with Crippen LogP contribution in [0.3, 0.4) is 0 Å². The van der Waals surface area contributed by atoms with Gasteiger partial charge in [0.2, 0.25) is 5.91 Å². The first-order valence-electron chi connectivity index (χ1n) is 7.26. The first-order valence-corrected chi connectivity index (χ1v) is 7.26. The lowest BCUT2D eigenvalue weighted by Gasteiger charge is -2.14. The van der Waals surface area contributed by atoms with Gasteiger partial charge in [-0.25, -0.2) is 4.68 Å². The Balaban J connectivity index is 2.11. The van der Waals surface area contributed by atoms with E-state index in [4.69, 9.17) is 0 Å². The number of amides is 1. The Morgan fingerprint density at radius 1 is 1.43 bits per heavy atom. The highest BCUT2D eigenvalue weighted by atomic mass is 16.1. The van der Waals surface area contributed by atoms with Gasteiger partial charge in [0.05, 0.1) is 24.4 Å². The van der Waals surface area contributed by atoms with Gasteiger partial charge in [0, 0.05) is 24.4 Å². The third kappa shape index (κ3) is 3.15. The van der Waals surface area contributed by atoms with Crippen molar-refractivity contribution in [3.05, 3.63) is 29.2 Å². The van der Waals surface area contributed by atoms with Crippen LogP contribution in [0.15, 0.2) is 12.3 Å². The summed E-state index contributed by atoms with van der Waals surface area (Å²) < 4.78 is 3.65. The van der Waals surface area contributed by atoms with Crippen molar-refractivity contribution in [1.29, 1.82) is 0 Å². The third-order valence-corrected chi connectivity index (χ3v) is 3.94. The van der Waals surface area contributed by atoms with E-state index in [-0.39, 0.29) is 11.9 Å². The molecule has 2 heterocycles. The zero-order chi connectivity index (χ0) is 15.6. The van der Waals surface area contributed by atoms with Gasteiger partial charge in [-0.1, -0.05) is 6.92 Å². The number of rotatable bonds is 5. The van der Waals surface area contributed by atoms with Crippen molar-refractivity contribution in [2.45, 2.75) is 46.6 Å². The maximum atomic E-state index is 12.3. The minimum absolute atomic E-state index is 0.0424. The molecule has 114 valence electrons. The van der Waals surface area contributed by atoms with Gasteiger partial charge >= 0.3 is 0 Å². The van der Waals surface area contributed by atoms with Gasteiger partial charge in [-0.05, 0) is 27.2 Å². The van der Waals surface area contributed by atoms with Crippen molar-refractivity contribution < 1.29 is 4.79 Å². The molecule has 1 N–H and O–H groups in total. The Bertz CT molecular complexity index is 641. The van der Waals surface area contributed by atoms with Gasteiger partial charge in [-0.2, -0.15) is 10.2 Å². The second-order valence-electron chi connectivity index (χ2n) is 5.42. The summed E-state index contributed by atoms with van der Waals surface area (Å²) >= 11 is 0. The number of aryl methyl sites for hydroxylation is 2. The van der Waals surface area contributed by atoms with Crippen molar-refractivity contribution >= 4 is 11.7 Å². The number of nitrogens with one attached hydrogen (secondary N) is 1. The van der Waals surface area contributed by atoms with Gasteiger partial charge in [0.25, 0.3) is 0 Å². The first kappa shape index (κ1) is 15.3. The van der Waals surface area contributed by atoms with Crippen molar-refractivity contribution in [1.82, 2.24) is 19.6 Å². The molecular formula is C15H23N5O. The molecule has 6 nitrogen and oxygen atoms in total. The summed E-state index contributed by atoms with van der Waals surface area (Å²) in [7, 11) is 1.89. The summed E-state index contributed by atoms with van der Waals surface area (Å²) in [6, 6.07) is 2.09. The highest BCUT2D eigenvalue weighted by Crippen LogP contribution is 2.18. The van der Waals surface area contributed by atoms with E-state index >= 15 is 0 Å². The quantitative estimate of drug-likeness (QED) is 0.919. The Morgan fingerprint density at radius 2 is 2.14 bits per heavy atom. The zero-order valence-electron chi connectivity index (χ0n) is 13.3. The van der Waals surface area contributed by atoms with E-state index < -0.39 is 0 Å². The summed E-state index contributed by atoms with van der Waals surface area (Å²) in [5.74, 6) is 0.702. The molecule has 0 aromatic carbocycles. The summed E-state index contributed by atoms with van der Waals surface area (Å²) in [5, 5.41) is 11.6. The normalized spacial score (nSPS) is 12.4. The second kappa shape index (κ2) is 6.11. The molecule has 0 bridgehead atoms. The number of carbonyl (C=O) groups is 1. The lowest BCUT2D eigenvalue weighted by molar-refractivity contribution is -0.115. The van der Waals surface area contributed by atoms with E-state index in [0.29, 0.717) is 6.42 Å².